The van der Waals surface area contributed by atoms with Crippen LogP contribution in [0.1, 0.15) is 38.5 Å². The van der Waals surface area contributed by atoms with Gasteiger partial charge in [-0.25, -0.2) is 0 Å². The fourth-order valence-corrected chi connectivity index (χ4v) is 3.66. The Kier molecular flexibility index (Phi) is 3.89. The second-order valence-corrected chi connectivity index (χ2v) is 6.09. The van der Waals surface area contributed by atoms with E-state index in [1.807, 2.05) is 0 Å². The molecule has 2 atom stereocenters. The smallest absolute Gasteiger partial charge is 0.170 e. The number of hydrogen-bond acceptors (Lipinski definition) is 4. The van der Waals surface area contributed by atoms with E-state index in [0.717, 1.165) is 58.5 Å². The van der Waals surface area contributed by atoms with E-state index in [-0.39, 0.29) is 11.9 Å². The SMILES string of the molecule is OC1CCCC(CN2CCC3(CC2)OCCO3)C1. The van der Waals surface area contributed by atoms with Crippen LogP contribution in [0.4, 0.5) is 0 Å². The van der Waals surface area contributed by atoms with Crippen LogP contribution < -0.4 is 0 Å². The van der Waals surface area contributed by atoms with Gasteiger partial charge in [0, 0.05) is 32.5 Å². The first-order valence-electron chi connectivity index (χ1n) is 7.44. The van der Waals surface area contributed by atoms with Gasteiger partial charge in [0.05, 0.1) is 19.3 Å². The highest BCUT2D eigenvalue weighted by molar-refractivity contribution is 4.84. The lowest BCUT2D eigenvalue weighted by Gasteiger charge is -2.39. The van der Waals surface area contributed by atoms with Crippen molar-refractivity contribution >= 4 is 0 Å². The van der Waals surface area contributed by atoms with Gasteiger partial charge in [0.1, 0.15) is 0 Å². The molecule has 3 rings (SSSR count). The molecule has 2 aliphatic heterocycles. The molecule has 0 bridgehead atoms. The number of ether oxygens (including phenoxy) is 2. The lowest BCUT2D eigenvalue weighted by molar-refractivity contribution is -0.186. The van der Waals surface area contributed by atoms with Crippen LogP contribution in [0.25, 0.3) is 0 Å². The molecule has 4 heteroatoms. The van der Waals surface area contributed by atoms with E-state index in [1.165, 1.54) is 12.8 Å². The second kappa shape index (κ2) is 5.45. The zero-order valence-electron chi connectivity index (χ0n) is 11.1. The predicted octanol–water partition coefficient (Wildman–Crippen LogP) is 1.38. The van der Waals surface area contributed by atoms with Crippen LogP contribution in [0.3, 0.4) is 0 Å². The maximum atomic E-state index is 9.72. The Balaban J connectivity index is 1.45. The maximum absolute atomic E-state index is 9.72. The van der Waals surface area contributed by atoms with Crippen molar-refractivity contribution in [1.82, 2.24) is 4.90 Å². The molecule has 0 aromatic rings. The molecule has 3 aliphatic rings. The van der Waals surface area contributed by atoms with Crippen molar-refractivity contribution in [2.75, 3.05) is 32.8 Å². The number of aliphatic hydroxyl groups is 1. The van der Waals surface area contributed by atoms with Crippen LogP contribution in [0.5, 0.6) is 0 Å². The molecule has 0 radical (unpaired) electrons. The maximum Gasteiger partial charge on any atom is 0.170 e. The zero-order valence-corrected chi connectivity index (χ0v) is 11.1. The van der Waals surface area contributed by atoms with Gasteiger partial charge < -0.3 is 19.5 Å². The lowest BCUT2D eigenvalue weighted by Crippen LogP contribution is -2.46. The van der Waals surface area contributed by atoms with E-state index in [4.69, 9.17) is 9.47 Å². The molecule has 0 aromatic carbocycles. The Morgan fingerprint density at radius 3 is 2.50 bits per heavy atom. The molecular formula is C14H25NO3. The predicted molar refractivity (Wildman–Crippen MR) is 68.3 cm³/mol. The summed E-state index contributed by atoms with van der Waals surface area (Å²) in [6, 6.07) is 0. The summed E-state index contributed by atoms with van der Waals surface area (Å²) in [5.74, 6) is 0.441. The first-order chi connectivity index (χ1) is 8.76. The quantitative estimate of drug-likeness (QED) is 0.809. The fraction of sp³-hybridized carbons (Fsp3) is 1.00. The summed E-state index contributed by atoms with van der Waals surface area (Å²) in [6.45, 7) is 4.82. The summed E-state index contributed by atoms with van der Waals surface area (Å²) < 4.78 is 11.5. The van der Waals surface area contributed by atoms with Gasteiger partial charge in [0.25, 0.3) is 0 Å². The monoisotopic (exact) mass is 255 g/mol. The summed E-state index contributed by atoms with van der Waals surface area (Å²) in [4.78, 5) is 2.53. The van der Waals surface area contributed by atoms with Gasteiger partial charge >= 0.3 is 0 Å². The Bertz CT molecular complexity index is 268. The van der Waals surface area contributed by atoms with Crippen molar-refractivity contribution < 1.29 is 14.6 Å². The number of likely N-dealkylation sites (tertiary alicyclic amines) is 1. The first kappa shape index (κ1) is 12.9. The molecule has 1 N–H and O–H groups in total. The molecule has 0 amide bonds. The highest BCUT2D eigenvalue weighted by atomic mass is 16.7. The van der Waals surface area contributed by atoms with Crippen molar-refractivity contribution in [1.29, 1.82) is 0 Å². The molecule has 2 saturated heterocycles. The summed E-state index contributed by atoms with van der Waals surface area (Å²) in [5, 5.41) is 9.72. The topological polar surface area (TPSA) is 41.9 Å². The number of aliphatic hydroxyl groups excluding tert-OH is 1. The van der Waals surface area contributed by atoms with Gasteiger partial charge in [-0.1, -0.05) is 6.42 Å². The van der Waals surface area contributed by atoms with Crippen LogP contribution in [-0.2, 0) is 9.47 Å². The highest BCUT2D eigenvalue weighted by Crippen LogP contribution is 2.32. The molecule has 0 aromatic heterocycles. The van der Waals surface area contributed by atoms with E-state index in [1.54, 1.807) is 0 Å². The summed E-state index contributed by atoms with van der Waals surface area (Å²) >= 11 is 0. The van der Waals surface area contributed by atoms with Gasteiger partial charge in [0.2, 0.25) is 0 Å². The summed E-state index contributed by atoms with van der Waals surface area (Å²) in [7, 11) is 0. The van der Waals surface area contributed by atoms with E-state index < -0.39 is 0 Å². The third kappa shape index (κ3) is 2.87. The zero-order chi connectivity index (χ0) is 12.4. The normalized spacial score (nSPS) is 37.2. The minimum atomic E-state index is -0.247. The van der Waals surface area contributed by atoms with Crippen LogP contribution in [0, 0.1) is 5.92 Å². The summed E-state index contributed by atoms with van der Waals surface area (Å²) in [5.41, 5.74) is 0. The lowest BCUT2D eigenvalue weighted by atomic mass is 9.86. The van der Waals surface area contributed by atoms with Crippen LogP contribution >= 0.6 is 0 Å². The van der Waals surface area contributed by atoms with Gasteiger partial charge in [-0.05, 0) is 25.2 Å². The van der Waals surface area contributed by atoms with Crippen molar-refractivity contribution in [3.63, 3.8) is 0 Å². The minimum Gasteiger partial charge on any atom is -0.393 e. The highest BCUT2D eigenvalue weighted by Gasteiger charge is 2.40. The standard InChI is InChI=1S/C14H25NO3/c16-13-3-1-2-12(10-13)11-15-6-4-14(5-7-15)17-8-9-18-14/h12-13,16H,1-11H2. The molecule has 1 saturated carbocycles. The largest absolute Gasteiger partial charge is 0.393 e. The molecule has 1 aliphatic carbocycles. The first-order valence-corrected chi connectivity index (χ1v) is 7.44. The molecule has 4 nitrogen and oxygen atoms in total. The van der Waals surface area contributed by atoms with E-state index in [0.29, 0.717) is 5.92 Å². The Morgan fingerprint density at radius 2 is 1.83 bits per heavy atom. The second-order valence-electron chi connectivity index (χ2n) is 6.09. The third-order valence-electron chi connectivity index (χ3n) is 4.70. The molecular weight excluding hydrogens is 230 g/mol. The van der Waals surface area contributed by atoms with E-state index >= 15 is 0 Å². The van der Waals surface area contributed by atoms with Crippen molar-refractivity contribution in [3.05, 3.63) is 0 Å². The Morgan fingerprint density at radius 1 is 1.11 bits per heavy atom. The third-order valence-corrected chi connectivity index (χ3v) is 4.70. The van der Waals surface area contributed by atoms with E-state index in [2.05, 4.69) is 4.90 Å². The number of piperidine rings is 1. The molecule has 18 heavy (non-hydrogen) atoms. The Labute approximate surface area is 109 Å². The molecule has 104 valence electrons. The van der Waals surface area contributed by atoms with Crippen molar-refractivity contribution in [2.45, 2.75) is 50.4 Å². The average molecular weight is 255 g/mol. The fourth-order valence-electron chi connectivity index (χ4n) is 3.66. The van der Waals surface area contributed by atoms with Crippen molar-refractivity contribution in [2.24, 2.45) is 5.92 Å². The average Bonchev–Trinajstić information content (AvgIpc) is 2.81. The van der Waals surface area contributed by atoms with E-state index in [9.17, 15) is 5.11 Å². The van der Waals surface area contributed by atoms with Crippen LogP contribution in [0.2, 0.25) is 0 Å². The van der Waals surface area contributed by atoms with Gasteiger partial charge in [-0.15, -0.1) is 0 Å². The van der Waals surface area contributed by atoms with Gasteiger partial charge in [-0.2, -0.15) is 0 Å². The minimum absolute atomic E-state index is 0.0543. The molecule has 2 heterocycles. The van der Waals surface area contributed by atoms with Gasteiger partial charge in [-0.3, -0.25) is 0 Å². The Hall–Kier alpha value is -0.160. The van der Waals surface area contributed by atoms with Crippen molar-refractivity contribution in [3.8, 4) is 0 Å². The number of hydrogen-bond donors (Lipinski definition) is 1. The number of nitrogens with zero attached hydrogens (tertiary/aromatic N) is 1. The molecule has 3 fully saturated rings. The van der Waals surface area contributed by atoms with Gasteiger partial charge in [0.15, 0.2) is 5.79 Å². The van der Waals surface area contributed by atoms with Crippen LogP contribution in [0.15, 0.2) is 0 Å². The summed E-state index contributed by atoms with van der Waals surface area (Å²) in [6.07, 6.45) is 6.42. The number of rotatable bonds is 2. The molecule has 1 spiro atoms. The molecule has 2 unspecified atom stereocenters. The van der Waals surface area contributed by atoms with Crippen LogP contribution in [-0.4, -0.2) is 54.7 Å².